The van der Waals surface area contributed by atoms with Gasteiger partial charge in [0.1, 0.15) is 19.0 Å². The minimum atomic E-state index is 0.946. The highest BCUT2D eigenvalue weighted by Gasteiger charge is 2.11. The molecule has 20 heavy (non-hydrogen) atoms. The fourth-order valence-corrected chi connectivity index (χ4v) is 2.75. The van der Waals surface area contributed by atoms with Crippen LogP contribution >= 0.6 is 0 Å². The van der Waals surface area contributed by atoms with Crippen molar-refractivity contribution in [3.63, 3.8) is 0 Å². The van der Waals surface area contributed by atoms with Gasteiger partial charge >= 0.3 is 0 Å². The fourth-order valence-electron chi connectivity index (χ4n) is 2.75. The molecule has 1 nitrogen and oxygen atoms in total. The molecule has 4 aromatic rings. The van der Waals surface area contributed by atoms with Gasteiger partial charge in [0.15, 0.2) is 0 Å². The van der Waals surface area contributed by atoms with Crippen molar-refractivity contribution in [2.24, 2.45) is 0 Å². The molecule has 0 amide bonds. The average molecular weight is 256 g/mol. The van der Waals surface area contributed by atoms with Gasteiger partial charge < -0.3 is 4.42 Å². The maximum atomic E-state index is 5.94. The predicted octanol–water partition coefficient (Wildman–Crippen LogP) is 3.51. The van der Waals surface area contributed by atoms with Gasteiger partial charge in [-0.1, -0.05) is 60.1 Å². The van der Waals surface area contributed by atoms with Crippen LogP contribution in [0, 0.1) is 0 Å². The molecule has 0 fully saturated rings. The minimum absolute atomic E-state index is 0.946. The summed E-state index contributed by atoms with van der Waals surface area (Å²) in [7, 11) is 2.11. The Hall–Kier alpha value is -2.48. The van der Waals surface area contributed by atoms with Crippen LogP contribution in [0.3, 0.4) is 0 Å². The van der Waals surface area contributed by atoms with Gasteiger partial charge in [-0.15, -0.1) is 0 Å². The third kappa shape index (κ3) is 1.65. The molecule has 0 aliphatic rings. The molecule has 0 N–H and O–H groups in total. The second-order valence-corrected chi connectivity index (χ2v) is 5.14. The first-order valence-corrected chi connectivity index (χ1v) is 6.80. The molecule has 3 aromatic carbocycles. The lowest BCUT2D eigenvalue weighted by atomic mass is 9.92. The molecule has 2 heteroatoms. The number of furan rings is 1. The lowest BCUT2D eigenvalue weighted by Gasteiger charge is -2.04. The molecular weight excluding hydrogens is 243 g/mol. The first kappa shape index (κ1) is 11.4. The van der Waals surface area contributed by atoms with Gasteiger partial charge in [-0.05, 0) is 23.3 Å². The Morgan fingerprint density at radius 3 is 2.30 bits per heavy atom. The number of rotatable bonds is 1. The largest absolute Gasteiger partial charge is 0.456 e. The third-order valence-corrected chi connectivity index (χ3v) is 3.77. The minimum Gasteiger partial charge on any atom is -0.456 e. The summed E-state index contributed by atoms with van der Waals surface area (Å²) in [5.74, 6) is 0. The highest BCUT2D eigenvalue weighted by Crippen LogP contribution is 2.35. The Morgan fingerprint density at radius 2 is 1.45 bits per heavy atom. The summed E-state index contributed by atoms with van der Waals surface area (Å²) in [5, 5.41) is 2.38. The zero-order chi connectivity index (χ0) is 13.5. The van der Waals surface area contributed by atoms with Gasteiger partial charge in [0.25, 0.3) is 0 Å². The van der Waals surface area contributed by atoms with Crippen molar-refractivity contribution in [3.05, 3.63) is 66.7 Å². The molecule has 0 aliphatic heterocycles. The van der Waals surface area contributed by atoms with Gasteiger partial charge in [0, 0.05) is 10.8 Å². The molecule has 0 unspecified atom stereocenters. The van der Waals surface area contributed by atoms with E-state index < -0.39 is 0 Å². The molecule has 1 heterocycles. The zero-order valence-electron chi connectivity index (χ0n) is 11.3. The number of hydrogen-bond acceptors (Lipinski definition) is 1. The second kappa shape index (κ2) is 4.27. The van der Waals surface area contributed by atoms with Crippen LogP contribution in [0.1, 0.15) is 0 Å². The van der Waals surface area contributed by atoms with Crippen molar-refractivity contribution >= 4 is 35.2 Å². The number of benzene rings is 3. The van der Waals surface area contributed by atoms with Crippen molar-refractivity contribution in [2.75, 3.05) is 0 Å². The Balaban J connectivity index is 2.11. The van der Waals surface area contributed by atoms with Crippen LogP contribution in [0.5, 0.6) is 0 Å². The van der Waals surface area contributed by atoms with E-state index in [4.69, 9.17) is 4.42 Å². The zero-order valence-corrected chi connectivity index (χ0v) is 11.3. The van der Waals surface area contributed by atoms with Gasteiger partial charge in [-0.25, -0.2) is 0 Å². The second-order valence-electron chi connectivity index (χ2n) is 5.14. The van der Waals surface area contributed by atoms with Crippen LogP contribution in [0.25, 0.3) is 33.1 Å². The number of para-hydroxylation sites is 1. The quantitative estimate of drug-likeness (QED) is 0.475. The van der Waals surface area contributed by atoms with Crippen molar-refractivity contribution in [2.45, 2.75) is 0 Å². The molecule has 0 bridgehead atoms. The van der Waals surface area contributed by atoms with E-state index in [9.17, 15) is 0 Å². The molecule has 94 valence electrons. The van der Waals surface area contributed by atoms with Crippen LogP contribution in [0.2, 0.25) is 0 Å². The van der Waals surface area contributed by atoms with Crippen molar-refractivity contribution < 1.29 is 4.42 Å². The van der Waals surface area contributed by atoms with E-state index in [1.54, 1.807) is 0 Å². The van der Waals surface area contributed by atoms with E-state index >= 15 is 0 Å². The Morgan fingerprint density at radius 1 is 0.700 bits per heavy atom. The summed E-state index contributed by atoms with van der Waals surface area (Å²) in [5.41, 5.74) is 5.63. The molecule has 0 radical (unpaired) electrons. The lowest BCUT2D eigenvalue weighted by molar-refractivity contribution is 0.669. The first-order valence-electron chi connectivity index (χ1n) is 6.80. The molecule has 0 atom stereocenters. The molecule has 0 aliphatic carbocycles. The van der Waals surface area contributed by atoms with Gasteiger partial charge in [-0.2, -0.15) is 0 Å². The van der Waals surface area contributed by atoms with Gasteiger partial charge in [0.2, 0.25) is 0 Å². The fraction of sp³-hybridized carbons (Fsp3) is 0. The topological polar surface area (TPSA) is 13.1 Å². The van der Waals surface area contributed by atoms with Crippen LogP contribution in [-0.4, -0.2) is 7.85 Å². The highest BCUT2D eigenvalue weighted by atomic mass is 16.3. The molecule has 4 rings (SSSR count). The van der Waals surface area contributed by atoms with E-state index in [1.807, 2.05) is 18.2 Å². The lowest BCUT2D eigenvalue weighted by Crippen LogP contribution is -1.99. The maximum absolute atomic E-state index is 5.94. The SMILES string of the molecule is Bc1ccc(-c2cccc3oc4ccccc4c23)cc1. The summed E-state index contributed by atoms with van der Waals surface area (Å²) in [6.07, 6.45) is 0. The van der Waals surface area contributed by atoms with E-state index in [0.717, 1.165) is 11.2 Å². The van der Waals surface area contributed by atoms with Crippen LogP contribution in [0.4, 0.5) is 0 Å². The first-order chi connectivity index (χ1) is 9.83. The number of fused-ring (bicyclic) bond motifs is 3. The van der Waals surface area contributed by atoms with Crippen molar-refractivity contribution in [3.8, 4) is 11.1 Å². The van der Waals surface area contributed by atoms with Crippen molar-refractivity contribution in [1.82, 2.24) is 0 Å². The normalized spacial score (nSPS) is 11.2. The molecule has 0 saturated carbocycles. The Kier molecular flexibility index (Phi) is 2.43. The Bertz CT molecular complexity index is 904. The van der Waals surface area contributed by atoms with E-state index in [0.29, 0.717) is 0 Å². The molecular formula is C18H13BO. The van der Waals surface area contributed by atoms with Gasteiger partial charge in [0.05, 0.1) is 0 Å². The molecule has 1 aromatic heterocycles. The number of hydrogen-bond donors (Lipinski definition) is 0. The summed E-state index contributed by atoms with van der Waals surface area (Å²) in [6, 6.07) is 23.1. The monoisotopic (exact) mass is 256 g/mol. The van der Waals surface area contributed by atoms with Gasteiger partial charge in [-0.3, -0.25) is 0 Å². The summed E-state index contributed by atoms with van der Waals surface area (Å²) >= 11 is 0. The average Bonchev–Trinajstić information content (AvgIpc) is 2.86. The van der Waals surface area contributed by atoms with E-state index in [-0.39, 0.29) is 0 Å². The van der Waals surface area contributed by atoms with Crippen LogP contribution in [-0.2, 0) is 0 Å². The smallest absolute Gasteiger partial charge is 0.139 e. The summed E-state index contributed by atoms with van der Waals surface area (Å²) in [6.45, 7) is 0. The van der Waals surface area contributed by atoms with E-state index in [1.165, 1.54) is 27.4 Å². The third-order valence-electron chi connectivity index (χ3n) is 3.77. The highest BCUT2D eigenvalue weighted by molar-refractivity contribution is 6.32. The summed E-state index contributed by atoms with van der Waals surface area (Å²) < 4.78 is 5.94. The van der Waals surface area contributed by atoms with Crippen LogP contribution in [0.15, 0.2) is 71.1 Å². The Labute approximate surface area is 118 Å². The maximum Gasteiger partial charge on any atom is 0.139 e. The summed E-state index contributed by atoms with van der Waals surface area (Å²) in [4.78, 5) is 0. The standard InChI is InChI=1S/C18H13BO/c19-13-10-8-12(9-11-13)14-5-3-7-17-18(14)15-4-1-2-6-16(15)20-17/h1-11H,19H2. The van der Waals surface area contributed by atoms with E-state index in [2.05, 4.69) is 56.4 Å². The van der Waals surface area contributed by atoms with Crippen molar-refractivity contribution in [1.29, 1.82) is 0 Å². The molecule has 0 saturated heterocycles. The van der Waals surface area contributed by atoms with Crippen LogP contribution < -0.4 is 5.46 Å². The molecule has 0 spiro atoms. The predicted molar refractivity (Wildman–Crippen MR) is 87.3 cm³/mol.